The zero-order chi connectivity index (χ0) is 37.4. The van der Waals surface area contributed by atoms with Crippen LogP contribution in [0.25, 0.3) is 32.9 Å². The first-order chi connectivity index (χ1) is 26.0. The maximum absolute atomic E-state index is 14.7. The van der Waals surface area contributed by atoms with E-state index in [1.165, 1.54) is 5.56 Å². The monoisotopic (exact) mass is 740 g/mol. The highest BCUT2D eigenvalue weighted by Crippen LogP contribution is 2.46. The van der Waals surface area contributed by atoms with Gasteiger partial charge in [0.15, 0.2) is 6.79 Å². The van der Waals surface area contributed by atoms with E-state index in [9.17, 15) is 9.18 Å². The first-order valence-corrected chi connectivity index (χ1v) is 19.4. The number of methoxy groups -OCH3 is 1. The molecule has 5 aliphatic rings. The van der Waals surface area contributed by atoms with E-state index in [1.54, 1.807) is 7.11 Å². The number of amides is 1. The van der Waals surface area contributed by atoms with Crippen LogP contribution >= 0.6 is 0 Å². The highest BCUT2D eigenvalue weighted by molar-refractivity contribution is 6.03. The molecule has 2 aromatic carbocycles. The zero-order valence-electron chi connectivity index (χ0n) is 31.8. The van der Waals surface area contributed by atoms with Gasteiger partial charge in [-0.25, -0.2) is 14.2 Å². The molecule has 0 saturated carbocycles. The van der Waals surface area contributed by atoms with Crippen LogP contribution in [-0.4, -0.2) is 113 Å². The number of rotatable bonds is 8. The van der Waals surface area contributed by atoms with E-state index in [0.717, 1.165) is 55.0 Å². The summed E-state index contributed by atoms with van der Waals surface area (Å²) in [5, 5.41) is 2.81. The normalized spacial score (nSPS) is 26.1. The minimum atomic E-state index is -0.867. The highest BCUT2D eigenvalue weighted by Gasteiger charge is 2.52. The van der Waals surface area contributed by atoms with Crippen LogP contribution in [0.4, 0.5) is 15.0 Å². The molecule has 13 heteroatoms. The Morgan fingerprint density at radius 1 is 1.06 bits per heavy atom. The third-order valence-electron chi connectivity index (χ3n) is 11.9. The van der Waals surface area contributed by atoms with Gasteiger partial charge in [-0.15, -0.1) is 0 Å². The summed E-state index contributed by atoms with van der Waals surface area (Å²) in [6.45, 7) is 10.4. The number of benzene rings is 2. The number of carbonyl (C=O) groups is 1. The van der Waals surface area contributed by atoms with Gasteiger partial charge in [-0.05, 0) is 94.0 Å². The topological polar surface area (TPSA) is 112 Å². The summed E-state index contributed by atoms with van der Waals surface area (Å²) in [5.41, 5.74) is 2.41. The molecule has 12 nitrogen and oxygen atoms in total. The summed E-state index contributed by atoms with van der Waals surface area (Å²) in [6, 6.07) is 12.1. The summed E-state index contributed by atoms with van der Waals surface area (Å²) in [5.74, 6) is 1.77. The van der Waals surface area contributed by atoms with Crippen LogP contribution < -0.4 is 19.1 Å². The fourth-order valence-corrected chi connectivity index (χ4v) is 9.68. The lowest BCUT2D eigenvalue weighted by Crippen LogP contribution is -2.63. The molecule has 9 rings (SSSR count). The number of halogens is 1. The summed E-state index contributed by atoms with van der Waals surface area (Å²) in [4.78, 5) is 35.4. The number of hydrogen-bond acceptors (Lipinski definition) is 11. The number of nitrogens with zero attached hydrogens (tertiary/aromatic N) is 6. The number of carbonyl (C=O) groups excluding carboxylic acids is 1. The fraction of sp³-hybridized carbons (Fsp3) is 0.561. The Bertz CT molecular complexity index is 2110. The van der Waals surface area contributed by atoms with Gasteiger partial charge in [0.1, 0.15) is 41.9 Å². The van der Waals surface area contributed by atoms with Crippen LogP contribution in [-0.2, 0) is 15.9 Å². The van der Waals surface area contributed by atoms with Gasteiger partial charge in [-0.3, -0.25) is 9.80 Å². The molecular formula is C41H49FN6O6. The van der Waals surface area contributed by atoms with Crippen molar-refractivity contribution in [2.24, 2.45) is 0 Å². The third kappa shape index (κ3) is 6.03. The Hall–Kier alpha value is -4.49. The predicted octanol–water partition coefficient (Wildman–Crippen LogP) is 6.69. The Balaban J connectivity index is 1.17. The lowest BCUT2D eigenvalue weighted by Gasteiger charge is -2.46. The van der Waals surface area contributed by atoms with Crippen molar-refractivity contribution in [3.8, 4) is 28.9 Å². The van der Waals surface area contributed by atoms with Gasteiger partial charge in [0.25, 0.3) is 0 Å². The van der Waals surface area contributed by atoms with E-state index >= 15 is 0 Å². The van der Waals surface area contributed by atoms with Crippen molar-refractivity contribution in [1.29, 1.82) is 0 Å². The Morgan fingerprint density at radius 2 is 1.93 bits per heavy atom. The summed E-state index contributed by atoms with van der Waals surface area (Å²) >= 11 is 0. The lowest BCUT2D eigenvalue weighted by atomic mass is 9.95. The fourth-order valence-electron chi connectivity index (χ4n) is 9.68. The molecule has 0 N–H and O–H groups in total. The second-order valence-electron chi connectivity index (χ2n) is 16.5. The van der Waals surface area contributed by atoms with Crippen LogP contribution in [0.5, 0.6) is 17.6 Å². The van der Waals surface area contributed by atoms with Crippen molar-refractivity contribution in [2.45, 2.75) is 102 Å². The van der Waals surface area contributed by atoms with E-state index in [1.807, 2.05) is 43.9 Å². The van der Waals surface area contributed by atoms with Crippen molar-refractivity contribution in [2.75, 3.05) is 51.7 Å². The van der Waals surface area contributed by atoms with Crippen LogP contribution in [0, 0.1) is 0 Å². The second-order valence-corrected chi connectivity index (χ2v) is 16.5. The second kappa shape index (κ2) is 13.4. The average molecular weight is 741 g/mol. The molecule has 1 amide bonds. The van der Waals surface area contributed by atoms with Gasteiger partial charge >= 0.3 is 12.1 Å². The molecule has 0 unspecified atom stereocenters. The molecule has 4 fully saturated rings. The number of aromatic nitrogens is 3. The minimum absolute atomic E-state index is 0.0520. The van der Waals surface area contributed by atoms with E-state index in [2.05, 4.69) is 34.9 Å². The molecule has 4 aromatic rings. The molecular weight excluding hydrogens is 691 g/mol. The van der Waals surface area contributed by atoms with Gasteiger partial charge in [-0.1, -0.05) is 25.1 Å². The molecule has 7 heterocycles. The molecule has 4 saturated heterocycles. The van der Waals surface area contributed by atoms with E-state index in [-0.39, 0.29) is 42.6 Å². The molecule has 2 aromatic heterocycles. The molecule has 5 atom stereocenters. The number of aryl methyl sites for hydroxylation is 1. The van der Waals surface area contributed by atoms with Gasteiger partial charge in [0.05, 0.1) is 34.9 Å². The average Bonchev–Trinajstić information content (AvgIpc) is 3.75. The van der Waals surface area contributed by atoms with Gasteiger partial charge in [0, 0.05) is 32.2 Å². The van der Waals surface area contributed by atoms with Crippen LogP contribution in [0.3, 0.4) is 0 Å². The van der Waals surface area contributed by atoms with Crippen molar-refractivity contribution in [1.82, 2.24) is 24.8 Å². The Morgan fingerprint density at radius 3 is 2.74 bits per heavy atom. The highest BCUT2D eigenvalue weighted by atomic mass is 19.1. The van der Waals surface area contributed by atoms with E-state index < -0.39 is 11.8 Å². The number of fused-ring (bicyclic) bond motifs is 7. The Labute approximate surface area is 314 Å². The molecule has 2 bridgehead atoms. The van der Waals surface area contributed by atoms with Gasteiger partial charge in [0.2, 0.25) is 5.88 Å². The molecule has 0 aliphatic carbocycles. The maximum Gasteiger partial charge on any atom is 0.410 e. The quantitative estimate of drug-likeness (QED) is 0.180. The van der Waals surface area contributed by atoms with Crippen molar-refractivity contribution in [3.05, 3.63) is 42.0 Å². The Kier molecular flexibility index (Phi) is 8.72. The number of hydrogen-bond donors (Lipinski definition) is 0. The van der Waals surface area contributed by atoms with Crippen molar-refractivity contribution in [3.63, 3.8) is 0 Å². The van der Waals surface area contributed by atoms with Gasteiger partial charge in [-0.2, -0.15) is 9.97 Å². The number of piperazine rings is 1. The largest absolute Gasteiger partial charge is 0.475 e. The molecule has 286 valence electrons. The lowest BCUT2D eigenvalue weighted by molar-refractivity contribution is 0.00537. The molecule has 54 heavy (non-hydrogen) atoms. The van der Waals surface area contributed by atoms with Gasteiger partial charge < -0.3 is 28.6 Å². The molecule has 0 radical (unpaired) electrons. The predicted molar refractivity (Wildman–Crippen MR) is 202 cm³/mol. The summed E-state index contributed by atoms with van der Waals surface area (Å²) < 4.78 is 45.1. The maximum atomic E-state index is 14.7. The number of anilines is 1. The standard InChI is InChI=1S/C41H49FN6O6/c1-6-24-9-7-10-25-15-28(53-23-50-5)16-29(34(24)25)30-17-31-35-36(45-38(44-31)52-22-41-13-8-14-46(41)19-26(42)18-41)47-20-27-11-12-32(33(47)21-51-37(35)43-30)48(27)39(49)54-40(2,3)4/h7,9-10,15-17,26-27,32-33H,6,8,11-14,18-23H2,1-5H3/t26-,27+,32-,33+,41+/m1/s1. The van der Waals surface area contributed by atoms with E-state index in [0.29, 0.717) is 66.8 Å². The van der Waals surface area contributed by atoms with Crippen LogP contribution in [0.1, 0.15) is 65.4 Å². The SMILES string of the molecule is CCc1cccc2cc(OCOC)cc(-c3cc4nc(OC[C@@]56CCCN5C[C@H](F)C6)nc5c4c(n3)OC[C@H]3[C@H]4CC[C@@H](CN53)N4C(=O)OC(C)(C)C)c12. The third-order valence-corrected chi connectivity index (χ3v) is 11.9. The summed E-state index contributed by atoms with van der Waals surface area (Å²) in [6.07, 6.45) is 3.69. The summed E-state index contributed by atoms with van der Waals surface area (Å²) in [7, 11) is 1.60. The van der Waals surface area contributed by atoms with E-state index in [4.69, 9.17) is 38.6 Å². The zero-order valence-corrected chi connectivity index (χ0v) is 31.8. The van der Waals surface area contributed by atoms with Crippen LogP contribution in [0.2, 0.25) is 0 Å². The number of ether oxygens (including phenoxy) is 5. The minimum Gasteiger partial charge on any atom is -0.475 e. The van der Waals surface area contributed by atoms with Crippen LogP contribution in [0.15, 0.2) is 36.4 Å². The van der Waals surface area contributed by atoms with Crippen molar-refractivity contribution >= 4 is 33.6 Å². The number of pyridine rings is 1. The number of alkyl halides is 1. The van der Waals surface area contributed by atoms with Crippen molar-refractivity contribution < 1.29 is 32.9 Å². The molecule has 5 aliphatic heterocycles. The first-order valence-electron chi connectivity index (χ1n) is 19.4. The first kappa shape index (κ1) is 35.2. The smallest absolute Gasteiger partial charge is 0.410 e. The molecule has 0 spiro atoms.